The first-order chi connectivity index (χ1) is 8.40. The summed E-state index contributed by atoms with van der Waals surface area (Å²) in [6.45, 7) is 3.90. The minimum atomic E-state index is -3.00. The number of hydrogen-bond acceptors (Lipinski definition) is 2. The number of rotatable bonds is 4. The molecule has 0 aliphatic heterocycles. The molecule has 2 rings (SSSR count). The van der Waals surface area contributed by atoms with E-state index in [4.69, 9.17) is 11.6 Å². The lowest BCUT2D eigenvalue weighted by Gasteiger charge is -2.09. The Hall–Kier alpha value is -1.00. The molecule has 0 aliphatic rings. The van der Waals surface area contributed by atoms with E-state index in [1.807, 2.05) is 35.0 Å². The van der Waals surface area contributed by atoms with Gasteiger partial charge in [0.05, 0.1) is 11.0 Å². The third-order valence-corrected chi connectivity index (χ3v) is 5.49. The van der Waals surface area contributed by atoms with Crippen LogP contribution in [0.1, 0.15) is 13.8 Å². The number of fused-ring (bicyclic) bond motifs is 1. The zero-order valence-electron chi connectivity index (χ0n) is 10.4. The van der Waals surface area contributed by atoms with Gasteiger partial charge in [0.1, 0.15) is 0 Å². The van der Waals surface area contributed by atoms with Crippen molar-refractivity contribution in [2.45, 2.75) is 25.6 Å². The van der Waals surface area contributed by atoms with E-state index in [1.54, 1.807) is 13.8 Å². The highest BCUT2D eigenvalue weighted by molar-refractivity contribution is 7.91. The van der Waals surface area contributed by atoms with E-state index < -0.39 is 9.84 Å². The monoisotopic (exact) mass is 285 g/mol. The van der Waals surface area contributed by atoms with Gasteiger partial charge in [0.25, 0.3) is 0 Å². The molecular formula is C13H16ClNO2S. The predicted molar refractivity (Wildman–Crippen MR) is 75.9 cm³/mol. The number of aromatic nitrogens is 1. The second-order valence-electron chi connectivity index (χ2n) is 4.63. The van der Waals surface area contributed by atoms with E-state index in [0.717, 1.165) is 10.9 Å². The molecule has 5 heteroatoms. The summed E-state index contributed by atoms with van der Waals surface area (Å²) in [6, 6.07) is 7.56. The van der Waals surface area contributed by atoms with E-state index in [9.17, 15) is 8.42 Å². The van der Waals surface area contributed by atoms with Crippen LogP contribution in [0.25, 0.3) is 10.9 Å². The fourth-order valence-electron chi connectivity index (χ4n) is 1.83. The summed E-state index contributed by atoms with van der Waals surface area (Å²) in [5.74, 6) is 0.164. The van der Waals surface area contributed by atoms with Crippen LogP contribution in [0.5, 0.6) is 0 Å². The van der Waals surface area contributed by atoms with Gasteiger partial charge in [-0.3, -0.25) is 0 Å². The SMILES string of the molecule is CC(C)S(=O)(=O)CCn1ccc2cc(Cl)ccc21. The van der Waals surface area contributed by atoms with Gasteiger partial charge < -0.3 is 4.57 Å². The van der Waals surface area contributed by atoms with Gasteiger partial charge in [-0.25, -0.2) is 8.42 Å². The van der Waals surface area contributed by atoms with Crippen molar-refractivity contribution in [1.29, 1.82) is 0 Å². The summed E-state index contributed by atoms with van der Waals surface area (Å²) in [6.07, 6.45) is 1.90. The minimum Gasteiger partial charge on any atom is -0.346 e. The standard InChI is InChI=1S/C13H16ClNO2S/c1-10(2)18(16,17)8-7-15-6-5-11-9-12(14)3-4-13(11)15/h3-6,9-10H,7-8H2,1-2H3. The highest BCUT2D eigenvalue weighted by Crippen LogP contribution is 2.20. The second kappa shape index (κ2) is 4.94. The summed E-state index contributed by atoms with van der Waals surface area (Å²) < 4.78 is 25.5. The van der Waals surface area contributed by atoms with Crippen LogP contribution in [0.15, 0.2) is 30.5 Å². The lowest BCUT2D eigenvalue weighted by atomic mass is 10.2. The van der Waals surface area contributed by atoms with Crippen LogP contribution in [0, 0.1) is 0 Å². The van der Waals surface area contributed by atoms with Crippen molar-refractivity contribution in [2.24, 2.45) is 0 Å². The molecule has 0 aliphatic carbocycles. The molecule has 0 unspecified atom stereocenters. The number of sulfone groups is 1. The molecule has 0 fully saturated rings. The van der Waals surface area contributed by atoms with Crippen LogP contribution in [0.2, 0.25) is 5.02 Å². The fraction of sp³-hybridized carbons (Fsp3) is 0.385. The average Bonchev–Trinajstić information content (AvgIpc) is 2.68. The number of nitrogens with zero attached hydrogens (tertiary/aromatic N) is 1. The fourth-order valence-corrected chi connectivity index (χ4v) is 2.93. The largest absolute Gasteiger partial charge is 0.346 e. The van der Waals surface area contributed by atoms with Gasteiger partial charge in [0, 0.05) is 28.7 Å². The Morgan fingerprint density at radius 1 is 1.28 bits per heavy atom. The number of benzene rings is 1. The summed E-state index contributed by atoms with van der Waals surface area (Å²) >= 11 is 5.91. The zero-order valence-corrected chi connectivity index (χ0v) is 12.0. The van der Waals surface area contributed by atoms with Crippen molar-refractivity contribution in [1.82, 2.24) is 4.57 Å². The summed E-state index contributed by atoms with van der Waals surface area (Å²) in [5, 5.41) is 1.40. The first kappa shape index (κ1) is 13.4. The van der Waals surface area contributed by atoms with Crippen LogP contribution in [-0.2, 0) is 16.4 Å². The third-order valence-electron chi connectivity index (χ3n) is 3.07. The maximum Gasteiger partial charge on any atom is 0.154 e. The molecule has 0 radical (unpaired) electrons. The van der Waals surface area contributed by atoms with Gasteiger partial charge in [0.15, 0.2) is 9.84 Å². The molecule has 1 aromatic heterocycles. The average molecular weight is 286 g/mol. The summed E-state index contributed by atoms with van der Waals surface area (Å²) in [7, 11) is -3.00. The van der Waals surface area contributed by atoms with Gasteiger partial charge in [-0.2, -0.15) is 0 Å². The molecule has 2 aromatic rings. The quantitative estimate of drug-likeness (QED) is 0.866. The van der Waals surface area contributed by atoms with Crippen molar-refractivity contribution in [3.05, 3.63) is 35.5 Å². The van der Waals surface area contributed by atoms with Gasteiger partial charge in [-0.05, 0) is 38.1 Å². The van der Waals surface area contributed by atoms with Gasteiger partial charge >= 0.3 is 0 Å². The van der Waals surface area contributed by atoms with E-state index in [2.05, 4.69) is 0 Å². The van der Waals surface area contributed by atoms with Crippen LogP contribution < -0.4 is 0 Å². The molecule has 18 heavy (non-hydrogen) atoms. The highest BCUT2D eigenvalue weighted by Gasteiger charge is 2.16. The molecule has 0 atom stereocenters. The Labute approximate surface area is 112 Å². The van der Waals surface area contributed by atoms with Crippen molar-refractivity contribution in [2.75, 3.05) is 5.75 Å². The van der Waals surface area contributed by atoms with Crippen molar-refractivity contribution in [3.63, 3.8) is 0 Å². The zero-order chi connectivity index (χ0) is 13.3. The molecule has 0 saturated heterocycles. The van der Waals surface area contributed by atoms with Crippen LogP contribution in [0.3, 0.4) is 0 Å². The molecule has 0 saturated carbocycles. The molecule has 0 spiro atoms. The van der Waals surface area contributed by atoms with Crippen LogP contribution in [0.4, 0.5) is 0 Å². The van der Waals surface area contributed by atoms with Gasteiger partial charge in [0.2, 0.25) is 0 Å². The van der Waals surface area contributed by atoms with Crippen molar-refractivity contribution in [3.8, 4) is 0 Å². The number of aryl methyl sites for hydroxylation is 1. The number of halogens is 1. The van der Waals surface area contributed by atoms with Crippen LogP contribution in [-0.4, -0.2) is 24.0 Å². The van der Waals surface area contributed by atoms with Crippen molar-refractivity contribution < 1.29 is 8.42 Å². The topological polar surface area (TPSA) is 39.1 Å². The van der Waals surface area contributed by atoms with Crippen molar-refractivity contribution >= 4 is 32.3 Å². The lowest BCUT2D eigenvalue weighted by Crippen LogP contribution is -2.20. The van der Waals surface area contributed by atoms with E-state index in [0.29, 0.717) is 11.6 Å². The predicted octanol–water partition coefficient (Wildman–Crippen LogP) is 3.12. The smallest absolute Gasteiger partial charge is 0.154 e. The Morgan fingerprint density at radius 3 is 2.67 bits per heavy atom. The molecule has 0 N–H and O–H groups in total. The van der Waals surface area contributed by atoms with Crippen LogP contribution >= 0.6 is 11.6 Å². The first-order valence-electron chi connectivity index (χ1n) is 5.86. The van der Waals surface area contributed by atoms with Gasteiger partial charge in [-0.1, -0.05) is 11.6 Å². The maximum absolute atomic E-state index is 11.8. The molecular weight excluding hydrogens is 270 g/mol. The second-order valence-corrected chi connectivity index (χ2v) is 7.74. The Balaban J connectivity index is 2.23. The molecule has 1 heterocycles. The Kier molecular flexibility index (Phi) is 3.69. The first-order valence-corrected chi connectivity index (χ1v) is 7.95. The Bertz CT molecular complexity index is 659. The van der Waals surface area contributed by atoms with E-state index in [1.165, 1.54) is 0 Å². The third kappa shape index (κ3) is 2.70. The molecule has 0 amide bonds. The summed E-state index contributed by atoms with van der Waals surface area (Å²) in [5.41, 5.74) is 1.01. The highest BCUT2D eigenvalue weighted by atomic mass is 35.5. The van der Waals surface area contributed by atoms with E-state index in [-0.39, 0.29) is 11.0 Å². The lowest BCUT2D eigenvalue weighted by molar-refractivity contribution is 0.581. The molecule has 3 nitrogen and oxygen atoms in total. The molecule has 0 bridgehead atoms. The molecule has 1 aromatic carbocycles. The molecule has 98 valence electrons. The Morgan fingerprint density at radius 2 is 2.00 bits per heavy atom. The van der Waals surface area contributed by atoms with E-state index >= 15 is 0 Å². The van der Waals surface area contributed by atoms with Gasteiger partial charge in [-0.15, -0.1) is 0 Å². The maximum atomic E-state index is 11.8. The normalized spacial score (nSPS) is 12.4. The summed E-state index contributed by atoms with van der Waals surface area (Å²) in [4.78, 5) is 0. The minimum absolute atomic E-state index is 0.164. The number of hydrogen-bond donors (Lipinski definition) is 0.